The summed E-state index contributed by atoms with van der Waals surface area (Å²) < 4.78 is 5.42. The first-order valence-electron chi connectivity index (χ1n) is 5.56. The third kappa shape index (κ3) is 2.56. The second kappa shape index (κ2) is 4.88. The van der Waals surface area contributed by atoms with E-state index < -0.39 is 0 Å². The lowest BCUT2D eigenvalue weighted by molar-refractivity contribution is -0.129. The second-order valence-corrected chi connectivity index (χ2v) is 4.13. The predicted molar refractivity (Wildman–Crippen MR) is 62.3 cm³/mol. The van der Waals surface area contributed by atoms with Crippen LogP contribution in [-0.2, 0) is 17.8 Å². The minimum atomic E-state index is -0.149. The molecule has 1 heterocycles. The summed E-state index contributed by atoms with van der Waals surface area (Å²) in [6.45, 7) is 1.27. The number of nitrogens with zero attached hydrogens (tertiary/aromatic N) is 2. The Morgan fingerprint density at radius 3 is 3.18 bits per heavy atom. The SMILES string of the molecule is CN(Cc1ccc2c(c1)CCO2)C(=O)CC#N. The Balaban J connectivity index is 2.04. The number of hydrogen-bond acceptors (Lipinski definition) is 3. The van der Waals surface area contributed by atoms with Crippen LogP contribution >= 0.6 is 0 Å². The van der Waals surface area contributed by atoms with Crippen molar-refractivity contribution in [1.82, 2.24) is 4.90 Å². The fourth-order valence-electron chi connectivity index (χ4n) is 1.90. The highest BCUT2D eigenvalue weighted by Crippen LogP contribution is 2.26. The van der Waals surface area contributed by atoms with E-state index in [0.717, 1.165) is 24.3 Å². The average Bonchev–Trinajstić information content (AvgIpc) is 2.76. The smallest absolute Gasteiger partial charge is 0.236 e. The maximum atomic E-state index is 11.5. The molecule has 0 bridgehead atoms. The van der Waals surface area contributed by atoms with Gasteiger partial charge in [0.15, 0.2) is 0 Å². The van der Waals surface area contributed by atoms with Gasteiger partial charge in [-0.2, -0.15) is 5.26 Å². The van der Waals surface area contributed by atoms with Crippen molar-refractivity contribution in [3.63, 3.8) is 0 Å². The molecule has 0 radical (unpaired) electrons. The first-order chi connectivity index (χ1) is 8.20. The fraction of sp³-hybridized carbons (Fsp3) is 0.385. The first-order valence-corrected chi connectivity index (χ1v) is 5.56. The molecule has 4 nitrogen and oxygen atoms in total. The monoisotopic (exact) mass is 230 g/mol. The van der Waals surface area contributed by atoms with E-state index >= 15 is 0 Å². The van der Waals surface area contributed by atoms with Crippen LogP contribution < -0.4 is 4.74 Å². The lowest BCUT2D eigenvalue weighted by atomic mass is 10.1. The van der Waals surface area contributed by atoms with Crippen molar-refractivity contribution in [3.05, 3.63) is 29.3 Å². The number of carbonyl (C=O) groups is 1. The molecule has 1 aliphatic heterocycles. The molecule has 1 aromatic rings. The van der Waals surface area contributed by atoms with E-state index in [0.29, 0.717) is 6.54 Å². The summed E-state index contributed by atoms with van der Waals surface area (Å²) in [4.78, 5) is 13.0. The lowest BCUT2D eigenvalue weighted by Crippen LogP contribution is -2.25. The summed E-state index contributed by atoms with van der Waals surface area (Å²) in [5, 5.41) is 8.46. The summed E-state index contributed by atoms with van der Waals surface area (Å²) in [7, 11) is 1.71. The highest BCUT2D eigenvalue weighted by molar-refractivity contribution is 5.77. The molecule has 17 heavy (non-hydrogen) atoms. The Bertz CT molecular complexity index is 477. The number of carbonyl (C=O) groups excluding carboxylic acids is 1. The molecule has 4 heteroatoms. The van der Waals surface area contributed by atoms with Gasteiger partial charge in [-0.25, -0.2) is 0 Å². The highest BCUT2D eigenvalue weighted by atomic mass is 16.5. The molecule has 0 atom stereocenters. The zero-order chi connectivity index (χ0) is 12.3. The van der Waals surface area contributed by atoms with Crippen molar-refractivity contribution < 1.29 is 9.53 Å². The lowest BCUT2D eigenvalue weighted by Gasteiger charge is -2.16. The highest BCUT2D eigenvalue weighted by Gasteiger charge is 2.14. The van der Waals surface area contributed by atoms with E-state index in [2.05, 4.69) is 6.07 Å². The Kier molecular flexibility index (Phi) is 3.29. The Morgan fingerprint density at radius 2 is 2.41 bits per heavy atom. The van der Waals surface area contributed by atoms with Crippen LogP contribution in [0, 0.1) is 11.3 Å². The van der Waals surface area contributed by atoms with Crippen LogP contribution in [0.4, 0.5) is 0 Å². The van der Waals surface area contributed by atoms with Gasteiger partial charge in [-0.05, 0) is 17.2 Å². The summed E-state index contributed by atoms with van der Waals surface area (Å²) >= 11 is 0. The molecule has 1 aromatic carbocycles. The molecule has 0 saturated carbocycles. The Labute approximate surface area is 100 Å². The van der Waals surface area contributed by atoms with Crippen LogP contribution in [0.1, 0.15) is 17.5 Å². The summed E-state index contributed by atoms with van der Waals surface area (Å²) in [5.41, 5.74) is 2.27. The third-order valence-corrected chi connectivity index (χ3v) is 2.83. The van der Waals surface area contributed by atoms with Crippen molar-refractivity contribution in [2.24, 2.45) is 0 Å². The predicted octanol–water partition coefficient (Wildman–Crippen LogP) is 1.49. The third-order valence-electron chi connectivity index (χ3n) is 2.83. The molecule has 0 aromatic heterocycles. The van der Waals surface area contributed by atoms with Gasteiger partial charge in [-0.15, -0.1) is 0 Å². The summed E-state index contributed by atoms with van der Waals surface area (Å²) in [5.74, 6) is 0.795. The number of rotatable bonds is 3. The number of amides is 1. The number of benzene rings is 1. The summed E-state index contributed by atoms with van der Waals surface area (Å²) in [6.07, 6.45) is 0.865. The first kappa shape index (κ1) is 11.5. The van der Waals surface area contributed by atoms with E-state index in [1.165, 1.54) is 5.56 Å². The van der Waals surface area contributed by atoms with Gasteiger partial charge in [0.05, 0.1) is 12.7 Å². The molecular formula is C13H14N2O2. The van der Waals surface area contributed by atoms with Gasteiger partial charge in [0, 0.05) is 20.0 Å². The van der Waals surface area contributed by atoms with Crippen LogP contribution in [0.15, 0.2) is 18.2 Å². The molecule has 0 saturated heterocycles. The summed E-state index contributed by atoms with van der Waals surface area (Å²) in [6, 6.07) is 7.84. The van der Waals surface area contributed by atoms with Crippen molar-refractivity contribution in [1.29, 1.82) is 5.26 Å². The normalized spacial score (nSPS) is 12.5. The molecule has 0 aliphatic carbocycles. The van der Waals surface area contributed by atoms with Gasteiger partial charge in [-0.1, -0.05) is 12.1 Å². The minimum Gasteiger partial charge on any atom is -0.493 e. The molecule has 0 spiro atoms. The number of fused-ring (bicyclic) bond motifs is 1. The zero-order valence-corrected chi connectivity index (χ0v) is 9.77. The van der Waals surface area contributed by atoms with Gasteiger partial charge >= 0.3 is 0 Å². The Hall–Kier alpha value is -2.02. The molecule has 2 rings (SSSR count). The second-order valence-electron chi connectivity index (χ2n) is 4.13. The largest absolute Gasteiger partial charge is 0.493 e. The van der Waals surface area contributed by atoms with Crippen molar-refractivity contribution >= 4 is 5.91 Å². The van der Waals surface area contributed by atoms with Crippen LogP contribution in [-0.4, -0.2) is 24.5 Å². The van der Waals surface area contributed by atoms with Crippen molar-refractivity contribution in [2.45, 2.75) is 19.4 Å². The van der Waals surface area contributed by atoms with E-state index in [4.69, 9.17) is 10.00 Å². The topological polar surface area (TPSA) is 53.3 Å². The van der Waals surface area contributed by atoms with Crippen molar-refractivity contribution in [2.75, 3.05) is 13.7 Å². The van der Waals surface area contributed by atoms with Crippen LogP contribution in [0.2, 0.25) is 0 Å². The van der Waals surface area contributed by atoms with E-state index in [-0.39, 0.29) is 12.3 Å². The van der Waals surface area contributed by atoms with Gasteiger partial charge in [-0.3, -0.25) is 4.79 Å². The quantitative estimate of drug-likeness (QED) is 0.790. The van der Waals surface area contributed by atoms with Crippen LogP contribution in [0.3, 0.4) is 0 Å². The number of ether oxygens (including phenoxy) is 1. The molecule has 0 fully saturated rings. The van der Waals surface area contributed by atoms with Crippen LogP contribution in [0.5, 0.6) is 5.75 Å². The number of hydrogen-bond donors (Lipinski definition) is 0. The minimum absolute atomic E-state index is 0.0649. The molecule has 1 aliphatic rings. The maximum absolute atomic E-state index is 11.5. The van der Waals surface area contributed by atoms with Gasteiger partial charge in [0.2, 0.25) is 5.91 Å². The van der Waals surface area contributed by atoms with Gasteiger partial charge < -0.3 is 9.64 Å². The average molecular weight is 230 g/mol. The molecule has 0 unspecified atom stereocenters. The van der Waals surface area contributed by atoms with Gasteiger partial charge in [0.25, 0.3) is 0 Å². The number of nitriles is 1. The fourth-order valence-corrected chi connectivity index (χ4v) is 1.90. The van der Waals surface area contributed by atoms with E-state index in [1.54, 1.807) is 11.9 Å². The van der Waals surface area contributed by atoms with Crippen molar-refractivity contribution in [3.8, 4) is 11.8 Å². The van der Waals surface area contributed by atoms with Gasteiger partial charge in [0.1, 0.15) is 12.2 Å². The van der Waals surface area contributed by atoms with Crippen LogP contribution in [0.25, 0.3) is 0 Å². The maximum Gasteiger partial charge on any atom is 0.236 e. The molecule has 1 amide bonds. The standard InChI is InChI=1S/C13H14N2O2/c1-15(13(16)4-6-14)9-10-2-3-12-11(8-10)5-7-17-12/h2-3,8H,4-5,7,9H2,1H3. The Morgan fingerprint density at radius 1 is 1.59 bits per heavy atom. The molecule has 0 N–H and O–H groups in total. The molecule has 88 valence electrons. The van der Waals surface area contributed by atoms with E-state index in [1.807, 2.05) is 18.2 Å². The zero-order valence-electron chi connectivity index (χ0n) is 9.77. The van der Waals surface area contributed by atoms with E-state index in [9.17, 15) is 4.79 Å². The molecular weight excluding hydrogens is 216 g/mol.